The molecule has 0 aromatic carbocycles. The van der Waals surface area contributed by atoms with Crippen LogP contribution in [0.1, 0.15) is 38.5 Å². The predicted octanol–water partition coefficient (Wildman–Crippen LogP) is 1.84. The summed E-state index contributed by atoms with van der Waals surface area (Å²) < 4.78 is 0. The normalized spacial score (nSPS) is 30.4. The lowest BCUT2D eigenvalue weighted by Crippen LogP contribution is -2.43. The summed E-state index contributed by atoms with van der Waals surface area (Å²) in [6.07, 6.45) is 11.3. The average molecular weight is 529 g/mol. The van der Waals surface area contributed by atoms with Gasteiger partial charge in [0.15, 0.2) is 5.96 Å². The van der Waals surface area contributed by atoms with Crippen molar-refractivity contribution in [2.45, 2.75) is 44.6 Å². The van der Waals surface area contributed by atoms with E-state index < -0.39 is 0 Å². The van der Waals surface area contributed by atoms with E-state index in [0.717, 1.165) is 37.9 Å². The summed E-state index contributed by atoms with van der Waals surface area (Å²) in [6.45, 7) is 3.05. The summed E-state index contributed by atoms with van der Waals surface area (Å²) in [5, 5.41) is 6.67. The highest BCUT2D eigenvalue weighted by molar-refractivity contribution is 14.0. The molecule has 168 valence electrons. The number of amides is 2. The van der Waals surface area contributed by atoms with Crippen molar-refractivity contribution in [1.29, 1.82) is 0 Å². The van der Waals surface area contributed by atoms with Crippen molar-refractivity contribution in [3.63, 3.8) is 0 Å². The number of halogens is 1. The first-order valence-corrected chi connectivity index (χ1v) is 11.3. The fraction of sp³-hybridized carbons (Fsp3) is 0.773. The van der Waals surface area contributed by atoms with Gasteiger partial charge in [-0.1, -0.05) is 25.0 Å². The number of aliphatic imine (C=N–C) groups is 1. The molecule has 2 N–H and O–H groups in total. The first-order chi connectivity index (χ1) is 14.1. The molecule has 30 heavy (non-hydrogen) atoms. The molecule has 0 aromatic heterocycles. The minimum atomic E-state index is -0.0863. The van der Waals surface area contributed by atoms with Crippen molar-refractivity contribution in [3.8, 4) is 0 Å². The van der Waals surface area contributed by atoms with E-state index in [1.807, 2.05) is 0 Å². The molecule has 7 nitrogen and oxygen atoms in total. The van der Waals surface area contributed by atoms with Gasteiger partial charge in [-0.15, -0.1) is 24.0 Å². The molecule has 4 rings (SSSR count). The summed E-state index contributed by atoms with van der Waals surface area (Å²) >= 11 is 0. The molecule has 0 aromatic rings. The number of carbonyl (C=O) groups excluding carboxylic acids is 2. The molecule has 4 unspecified atom stereocenters. The van der Waals surface area contributed by atoms with Crippen LogP contribution in [-0.2, 0) is 9.59 Å². The number of guanidine groups is 1. The quantitative estimate of drug-likeness (QED) is 0.125. The van der Waals surface area contributed by atoms with E-state index in [4.69, 9.17) is 0 Å². The minimum absolute atomic E-state index is 0. The van der Waals surface area contributed by atoms with Gasteiger partial charge in [-0.2, -0.15) is 0 Å². The predicted molar refractivity (Wildman–Crippen MR) is 129 cm³/mol. The number of fused-ring (bicyclic) bond motifs is 5. The summed E-state index contributed by atoms with van der Waals surface area (Å²) in [7, 11) is 3.97. The average Bonchev–Trinajstić information content (AvgIpc) is 3.50. The Labute approximate surface area is 197 Å². The molecule has 2 saturated carbocycles. The maximum atomic E-state index is 12.7. The zero-order chi connectivity index (χ0) is 20.4. The third kappa shape index (κ3) is 4.69. The van der Waals surface area contributed by atoms with Gasteiger partial charge < -0.3 is 15.5 Å². The van der Waals surface area contributed by atoms with Gasteiger partial charge in [0.2, 0.25) is 11.8 Å². The molecular formula is C22H36IN5O2. The number of nitrogens with zero attached hydrogens (tertiary/aromatic N) is 3. The maximum absolute atomic E-state index is 12.7. The van der Waals surface area contributed by atoms with E-state index in [1.54, 1.807) is 7.05 Å². The molecule has 8 heteroatoms. The molecule has 1 saturated heterocycles. The lowest BCUT2D eigenvalue weighted by atomic mass is 9.85. The smallest absolute Gasteiger partial charge is 0.233 e. The van der Waals surface area contributed by atoms with Crippen LogP contribution in [0.2, 0.25) is 0 Å². The van der Waals surface area contributed by atoms with E-state index in [0.29, 0.717) is 13.1 Å². The summed E-state index contributed by atoms with van der Waals surface area (Å²) in [4.78, 5) is 33.6. The monoisotopic (exact) mass is 529 g/mol. The Kier molecular flexibility index (Phi) is 8.17. The molecule has 2 bridgehead atoms. The first-order valence-electron chi connectivity index (χ1n) is 11.3. The fourth-order valence-electron chi connectivity index (χ4n) is 5.73. The molecule has 4 aliphatic rings. The van der Waals surface area contributed by atoms with Gasteiger partial charge in [0.05, 0.1) is 11.8 Å². The number of carbonyl (C=O) groups is 2. The summed E-state index contributed by atoms with van der Waals surface area (Å²) in [5.41, 5.74) is 0. The number of allylic oxidation sites excluding steroid dienone is 2. The van der Waals surface area contributed by atoms with Crippen LogP contribution in [0.5, 0.6) is 0 Å². The number of likely N-dealkylation sites (tertiary alicyclic amines) is 1. The van der Waals surface area contributed by atoms with Gasteiger partial charge in [-0.05, 0) is 44.6 Å². The number of rotatable bonds is 8. The Morgan fingerprint density at radius 3 is 2.30 bits per heavy atom. The highest BCUT2D eigenvalue weighted by Crippen LogP contribution is 2.52. The number of likely N-dealkylation sites (N-methyl/N-ethyl adjacent to an activating group) is 1. The van der Waals surface area contributed by atoms with E-state index in [1.165, 1.54) is 30.6 Å². The SMILES string of the molecule is CN=C(NCCCN1C(=O)C2C3C=CC(C3)C2C1=O)NCCN(C)C1CCCC1.I. The molecule has 1 heterocycles. The first kappa shape index (κ1) is 23.5. The van der Waals surface area contributed by atoms with E-state index >= 15 is 0 Å². The Balaban J connectivity index is 0.00000256. The fourth-order valence-corrected chi connectivity index (χ4v) is 5.73. The van der Waals surface area contributed by atoms with Crippen LogP contribution < -0.4 is 10.6 Å². The Morgan fingerprint density at radius 2 is 1.70 bits per heavy atom. The van der Waals surface area contributed by atoms with Crippen molar-refractivity contribution in [1.82, 2.24) is 20.4 Å². The summed E-state index contributed by atoms with van der Waals surface area (Å²) in [6, 6.07) is 0.729. The molecule has 0 spiro atoms. The van der Waals surface area contributed by atoms with Crippen LogP contribution >= 0.6 is 24.0 Å². The Bertz CT molecular complexity index is 661. The lowest BCUT2D eigenvalue weighted by Gasteiger charge is -2.24. The zero-order valence-corrected chi connectivity index (χ0v) is 20.5. The summed E-state index contributed by atoms with van der Waals surface area (Å²) in [5.74, 6) is 1.28. The molecule has 4 atom stereocenters. The standard InChI is InChI=1S/C22H35N5O2.HI/c1-23-22(25-11-13-26(2)17-6-3-4-7-17)24-10-5-12-27-20(28)18-15-8-9-16(14-15)19(18)21(27)29;/h8-9,15-19H,3-7,10-14H2,1-2H3,(H2,23,24,25);1H. The maximum Gasteiger partial charge on any atom is 0.233 e. The van der Waals surface area contributed by atoms with Crippen LogP contribution in [0.4, 0.5) is 0 Å². The molecule has 3 fully saturated rings. The molecular weight excluding hydrogens is 493 g/mol. The Morgan fingerprint density at radius 1 is 1.10 bits per heavy atom. The lowest BCUT2D eigenvalue weighted by molar-refractivity contribution is -0.140. The van der Waals surface area contributed by atoms with Crippen LogP contribution in [-0.4, -0.2) is 73.9 Å². The van der Waals surface area contributed by atoms with E-state index in [9.17, 15) is 9.59 Å². The topological polar surface area (TPSA) is 77.0 Å². The molecule has 2 amide bonds. The number of hydrogen-bond donors (Lipinski definition) is 2. The van der Waals surface area contributed by atoms with Gasteiger partial charge >= 0.3 is 0 Å². The van der Waals surface area contributed by atoms with Crippen molar-refractivity contribution < 1.29 is 9.59 Å². The third-order valence-corrected chi connectivity index (χ3v) is 7.34. The van der Waals surface area contributed by atoms with Crippen molar-refractivity contribution in [2.75, 3.05) is 40.3 Å². The number of nitrogens with one attached hydrogen (secondary N) is 2. The van der Waals surface area contributed by atoms with Crippen LogP contribution in [0.25, 0.3) is 0 Å². The van der Waals surface area contributed by atoms with Crippen molar-refractivity contribution in [2.24, 2.45) is 28.7 Å². The van der Waals surface area contributed by atoms with Gasteiger partial charge in [0.25, 0.3) is 0 Å². The molecule has 1 aliphatic heterocycles. The second-order valence-electron chi connectivity index (χ2n) is 9.03. The van der Waals surface area contributed by atoms with E-state index in [2.05, 4.69) is 39.7 Å². The molecule has 3 aliphatic carbocycles. The van der Waals surface area contributed by atoms with Crippen molar-refractivity contribution in [3.05, 3.63) is 12.2 Å². The second kappa shape index (κ2) is 10.4. The van der Waals surface area contributed by atoms with Crippen LogP contribution in [0.3, 0.4) is 0 Å². The minimum Gasteiger partial charge on any atom is -0.356 e. The third-order valence-electron chi connectivity index (χ3n) is 7.34. The second-order valence-corrected chi connectivity index (χ2v) is 9.03. The highest BCUT2D eigenvalue weighted by atomic mass is 127. The van der Waals surface area contributed by atoms with Gasteiger partial charge in [0, 0.05) is 39.3 Å². The van der Waals surface area contributed by atoms with E-state index in [-0.39, 0.29) is 59.5 Å². The number of imide groups is 1. The van der Waals surface area contributed by atoms with Gasteiger partial charge in [-0.3, -0.25) is 19.5 Å². The number of hydrogen-bond acceptors (Lipinski definition) is 4. The Hall–Kier alpha value is -1.16. The highest BCUT2D eigenvalue weighted by Gasteiger charge is 2.58. The van der Waals surface area contributed by atoms with Gasteiger partial charge in [0.1, 0.15) is 0 Å². The zero-order valence-electron chi connectivity index (χ0n) is 18.2. The van der Waals surface area contributed by atoms with Crippen LogP contribution in [0.15, 0.2) is 17.1 Å². The van der Waals surface area contributed by atoms with Gasteiger partial charge in [-0.25, -0.2) is 0 Å². The molecule has 0 radical (unpaired) electrons. The van der Waals surface area contributed by atoms with Crippen LogP contribution in [0, 0.1) is 23.7 Å². The van der Waals surface area contributed by atoms with Crippen molar-refractivity contribution >= 4 is 41.8 Å². The largest absolute Gasteiger partial charge is 0.356 e.